The van der Waals surface area contributed by atoms with Gasteiger partial charge in [-0.2, -0.15) is 0 Å². The van der Waals surface area contributed by atoms with Gasteiger partial charge < -0.3 is 14.5 Å². The Kier molecular flexibility index (Phi) is 3.90. The monoisotopic (exact) mass is 259 g/mol. The Balaban J connectivity index is 2.08. The van der Waals surface area contributed by atoms with E-state index in [0.717, 1.165) is 11.3 Å². The van der Waals surface area contributed by atoms with E-state index in [-0.39, 0.29) is 5.76 Å². The van der Waals surface area contributed by atoms with Crippen molar-refractivity contribution < 1.29 is 13.9 Å². The number of esters is 1. The quantitative estimate of drug-likeness (QED) is 0.856. The Morgan fingerprint density at radius 2 is 2.05 bits per heavy atom. The van der Waals surface area contributed by atoms with Crippen molar-refractivity contribution in [1.29, 1.82) is 0 Å². The van der Waals surface area contributed by atoms with Gasteiger partial charge >= 0.3 is 5.97 Å². The van der Waals surface area contributed by atoms with E-state index in [1.54, 1.807) is 6.07 Å². The first-order valence-electron chi connectivity index (χ1n) is 6.07. The maximum absolute atomic E-state index is 11.5. The number of anilines is 1. The molecule has 4 heteroatoms. The van der Waals surface area contributed by atoms with Crippen LogP contribution in [0.3, 0.4) is 0 Å². The number of nitrogens with one attached hydrogen (secondary N) is 1. The average Bonchev–Trinajstić information content (AvgIpc) is 2.87. The molecule has 2 rings (SSSR count). The van der Waals surface area contributed by atoms with E-state index in [0.29, 0.717) is 6.54 Å². The van der Waals surface area contributed by atoms with Crippen LogP contribution < -0.4 is 5.32 Å². The molecule has 0 amide bonds. The van der Waals surface area contributed by atoms with Crippen molar-refractivity contribution in [3.63, 3.8) is 0 Å². The summed E-state index contributed by atoms with van der Waals surface area (Å²) in [6.07, 6.45) is 1.49. The van der Waals surface area contributed by atoms with Crippen LogP contribution in [0.2, 0.25) is 0 Å². The summed E-state index contributed by atoms with van der Waals surface area (Å²) in [6.45, 7) is 4.66. The summed E-state index contributed by atoms with van der Waals surface area (Å²) in [5.74, 6) is -0.208. The van der Waals surface area contributed by atoms with Crippen molar-refractivity contribution >= 4 is 11.7 Å². The highest BCUT2D eigenvalue weighted by atomic mass is 16.5. The normalized spacial score (nSPS) is 10.3. The van der Waals surface area contributed by atoms with Crippen molar-refractivity contribution in [1.82, 2.24) is 0 Å². The molecule has 0 aliphatic carbocycles. The fourth-order valence-corrected chi connectivity index (χ4v) is 1.80. The number of hydrogen-bond acceptors (Lipinski definition) is 4. The third kappa shape index (κ3) is 2.96. The van der Waals surface area contributed by atoms with Gasteiger partial charge in [-0.25, -0.2) is 4.79 Å². The number of carbonyl (C=O) groups excluding carboxylic acids is 1. The Hall–Kier alpha value is -2.23. The molecule has 0 bridgehead atoms. The molecule has 1 aromatic heterocycles. The molecule has 0 fully saturated rings. The molecule has 0 saturated heterocycles. The van der Waals surface area contributed by atoms with Gasteiger partial charge in [0.05, 0.1) is 13.4 Å². The van der Waals surface area contributed by atoms with Crippen LogP contribution in [0.1, 0.15) is 27.2 Å². The van der Waals surface area contributed by atoms with Crippen LogP contribution >= 0.6 is 0 Å². The first-order chi connectivity index (χ1) is 9.11. The van der Waals surface area contributed by atoms with Gasteiger partial charge in [0, 0.05) is 17.8 Å². The number of rotatable bonds is 4. The molecule has 19 heavy (non-hydrogen) atoms. The van der Waals surface area contributed by atoms with E-state index < -0.39 is 5.97 Å². The van der Waals surface area contributed by atoms with Crippen LogP contribution in [0, 0.1) is 13.8 Å². The summed E-state index contributed by atoms with van der Waals surface area (Å²) in [4.78, 5) is 11.5. The molecule has 4 nitrogen and oxygen atoms in total. The summed E-state index contributed by atoms with van der Waals surface area (Å²) in [5.41, 5.74) is 4.28. The van der Waals surface area contributed by atoms with Crippen molar-refractivity contribution in [3.05, 3.63) is 53.0 Å². The second-order valence-corrected chi connectivity index (χ2v) is 4.42. The SMILES string of the molecule is COC(=O)c1occc1CNc1ccc(C)c(C)c1. The van der Waals surface area contributed by atoms with Gasteiger partial charge in [-0.3, -0.25) is 0 Å². The van der Waals surface area contributed by atoms with E-state index in [9.17, 15) is 4.79 Å². The topological polar surface area (TPSA) is 51.5 Å². The highest BCUT2D eigenvalue weighted by molar-refractivity contribution is 5.87. The van der Waals surface area contributed by atoms with Crippen molar-refractivity contribution in [2.45, 2.75) is 20.4 Å². The third-order valence-electron chi connectivity index (χ3n) is 3.11. The number of carbonyl (C=O) groups is 1. The maximum atomic E-state index is 11.5. The van der Waals surface area contributed by atoms with E-state index in [1.807, 2.05) is 6.07 Å². The van der Waals surface area contributed by atoms with E-state index >= 15 is 0 Å². The summed E-state index contributed by atoms with van der Waals surface area (Å²) < 4.78 is 9.80. The Bertz CT molecular complexity index is 587. The summed E-state index contributed by atoms with van der Waals surface area (Å²) in [7, 11) is 1.34. The lowest BCUT2D eigenvalue weighted by Crippen LogP contribution is -2.06. The second-order valence-electron chi connectivity index (χ2n) is 4.42. The minimum Gasteiger partial charge on any atom is -0.463 e. The fourth-order valence-electron chi connectivity index (χ4n) is 1.80. The van der Waals surface area contributed by atoms with Crippen molar-refractivity contribution in [2.24, 2.45) is 0 Å². The van der Waals surface area contributed by atoms with Crippen LogP contribution in [0.5, 0.6) is 0 Å². The molecule has 0 radical (unpaired) electrons. The van der Waals surface area contributed by atoms with Gasteiger partial charge in [-0.15, -0.1) is 0 Å². The highest BCUT2D eigenvalue weighted by Crippen LogP contribution is 2.17. The van der Waals surface area contributed by atoms with E-state index in [4.69, 9.17) is 4.42 Å². The van der Waals surface area contributed by atoms with Gasteiger partial charge in [0.15, 0.2) is 0 Å². The van der Waals surface area contributed by atoms with Gasteiger partial charge in [0.2, 0.25) is 5.76 Å². The molecule has 0 unspecified atom stereocenters. The fraction of sp³-hybridized carbons (Fsp3) is 0.267. The Labute approximate surface area is 112 Å². The zero-order chi connectivity index (χ0) is 13.8. The predicted octanol–water partition coefficient (Wildman–Crippen LogP) is 3.30. The lowest BCUT2D eigenvalue weighted by atomic mass is 10.1. The summed E-state index contributed by atoms with van der Waals surface area (Å²) in [5, 5.41) is 3.27. The molecule has 0 saturated carbocycles. The lowest BCUT2D eigenvalue weighted by Gasteiger charge is -2.08. The predicted molar refractivity (Wildman–Crippen MR) is 73.3 cm³/mol. The zero-order valence-electron chi connectivity index (χ0n) is 11.3. The van der Waals surface area contributed by atoms with Gasteiger partial charge in [-0.05, 0) is 43.2 Å². The molecule has 0 aliphatic heterocycles. The number of aryl methyl sites for hydroxylation is 2. The number of methoxy groups -OCH3 is 1. The molecule has 1 aromatic carbocycles. The second kappa shape index (κ2) is 5.61. The molecular weight excluding hydrogens is 242 g/mol. The van der Waals surface area contributed by atoms with Gasteiger partial charge in [0.1, 0.15) is 0 Å². The van der Waals surface area contributed by atoms with Crippen molar-refractivity contribution in [3.8, 4) is 0 Å². The molecular formula is C15H17NO3. The summed E-state index contributed by atoms with van der Waals surface area (Å²) in [6, 6.07) is 7.92. The van der Waals surface area contributed by atoms with Gasteiger partial charge in [-0.1, -0.05) is 6.07 Å². The smallest absolute Gasteiger partial charge is 0.374 e. The standard InChI is InChI=1S/C15H17NO3/c1-10-4-5-13(8-11(10)2)16-9-12-6-7-19-14(12)15(17)18-3/h4-8,16H,9H2,1-3H3. The van der Waals surface area contributed by atoms with Crippen LogP contribution in [-0.4, -0.2) is 13.1 Å². The Morgan fingerprint density at radius 1 is 1.26 bits per heavy atom. The lowest BCUT2D eigenvalue weighted by molar-refractivity contribution is 0.0563. The number of hydrogen-bond donors (Lipinski definition) is 1. The van der Waals surface area contributed by atoms with Crippen LogP contribution in [0.15, 0.2) is 34.9 Å². The summed E-state index contributed by atoms with van der Waals surface area (Å²) >= 11 is 0. The minimum atomic E-state index is -0.457. The molecule has 1 heterocycles. The Morgan fingerprint density at radius 3 is 2.74 bits per heavy atom. The number of furan rings is 1. The van der Waals surface area contributed by atoms with E-state index in [2.05, 4.69) is 36.0 Å². The molecule has 0 aliphatic rings. The molecule has 2 aromatic rings. The molecule has 100 valence electrons. The maximum Gasteiger partial charge on any atom is 0.374 e. The number of benzene rings is 1. The first-order valence-corrected chi connectivity index (χ1v) is 6.07. The first kappa shape index (κ1) is 13.2. The van der Waals surface area contributed by atoms with Crippen LogP contribution in [-0.2, 0) is 11.3 Å². The largest absolute Gasteiger partial charge is 0.463 e. The average molecular weight is 259 g/mol. The third-order valence-corrected chi connectivity index (χ3v) is 3.11. The van der Waals surface area contributed by atoms with Crippen molar-refractivity contribution in [2.75, 3.05) is 12.4 Å². The number of ether oxygens (including phenoxy) is 1. The van der Waals surface area contributed by atoms with Crippen LogP contribution in [0.25, 0.3) is 0 Å². The molecule has 0 atom stereocenters. The van der Waals surface area contributed by atoms with Crippen LogP contribution in [0.4, 0.5) is 5.69 Å². The molecule has 0 spiro atoms. The minimum absolute atomic E-state index is 0.249. The zero-order valence-corrected chi connectivity index (χ0v) is 11.3. The molecule has 1 N–H and O–H groups in total. The van der Waals surface area contributed by atoms with Gasteiger partial charge in [0.25, 0.3) is 0 Å². The highest BCUT2D eigenvalue weighted by Gasteiger charge is 2.15. The van der Waals surface area contributed by atoms with E-state index in [1.165, 1.54) is 24.5 Å².